The zero-order valence-corrected chi connectivity index (χ0v) is 12.3. The lowest BCUT2D eigenvalue weighted by Crippen LogP contribution is -2.19. The molecule has 2 amide bonds. The Morgan fingerprint density at radius 2 is 1.81 bits per heavy atom. The largest absolute Gasteiger partial charge is 0.378 e. The van der Waals surface area contributed by atoms with Gasteiger partial charge in [-0.25, -0.2) is 4.79 Å². The molecule has 0 spiro atoms. The Balaban J connectivity index is 1.74. The van der Waals surface area contributed by atoms with Crippen molar-refractivity contribution in [3.63, 3.8) is 0 Å². The lowest BCUT2D eigenvalue weighted by Gasteiger charge is -2.26. The number of carbonyl (C=O) groups excluding carboxylic acids is 1. The third kappa shape index (κ3) is 3.31. The van der Waals surface area contributed by atoms with Gasteiger partial charge >= 0.3 is 6.03 Å². The number of primary amides is 1. The van der Waals surface area contributed by atoms with Gasteiger partial charge in [-0.3, -0.25) is 0 Å². The van der Waals surface area contributed by atoms with Crippen LogP contribution >= 0.6 is 11.8 Å². The van der Waals surface area contributed by atoms with Gasteiger partial charge in [-0.05, 0) is 42.3 Å². The first-order valence-electron chi connectivity index (χ1n) is 6.87. The molecule has 5 heteroatoms. The molecule has 1 heterocycles. The Hall–Kier alpha value is -2.14. The smallest absolute Gasteiger partial charge is 0.316 e. The van der Waals surface area contributed by atoms with Gasteiger partial charge in [-0.15, -0.1) is 11.8 Å². The summed E-state index contributed by atoms with van der Waals surface area (Å²) in [6.45, 7) is 0. The maximum atomic E-state index is 10.8. The predicted octanol–water partition coefficient (Wildman–Crippen LogP) is 3.83. The predicted molar refractivity (Wildman–Crippen MR) is 87.8 cm³/mol. The van der Waals surface area contributed by atoms with E-state index in [4.69, 9.17) is 5.73 Å². The van der Waals surface area contributed by atoms with Gasteiger partial charge in [0.2, 0.25) is 0 Å². The van der Waals surface area contributed by atoms with Crippen LogP contribution in [0.15, 0.2) is 53.4 Å². The van der Waals surface area contributed by atoms with Gasteiger partial charge in [0.25, 0.3) is 0 Å². The molecule has 0 saturated carbocycles. The van der Waals surface area contributed by atoms with Crippen molar-refractivity contribution in [1.29, 1.82) is 0 Å². The number of amides is 2. The minimum atomic E-state index is -0.547. The van der Waals surface area contributed by atoms with Crippen LogP contribution in [0.4, 0.5) is 16.2 Å². The van der Waals surface area contributed by atoms with Crippen molar-refractivity contribution in [2.24, 2.45) is 5.73 Å². The Morgan fingerprint density at radius 1 is 1.10 bits per heavy atom. The van der Waals surface area contributed by atoms with E-state index in [1.54, 1.807) is 0 Å². The first-order valence-corrected chi connectivity index (χ1v) is 7.86. The zero-order chi connectivity index (χ0) is 14.7. The van der Waals surface area contributed by atoms with E-state index in [1.807, 2.05) is 36.0 Å². The van der Waals surface area contributed by atoms with Crippen LogP contribution in [-0.4, -0.2) is 11.8 Å². The van der Waals surface area contributed by atoms with Crippen LogP contribution in [0.1, 0.15) is 18.0 Å². The van der Waals surface area contributed by atoms with Crippen LogP contribution in [0.2, 0.25) is 0 Å². The van der Waals surface area contributed by atoms with Gasteiger partial charge in [-0.2, -0.15) is 0 Å². The molecular weight excluding hydrogens is 282 g/mol. The molecule has 3 rings (SSSR count). The van der Waals surface area contributed by atoms with E-state index in [2.05, 4.69) is 34.9 Å². The van der Waals surface area contributed by atoms with Crippen molar-refractivity contribution >= 4 is 29.2 Å². The van der Waals surface area contributed by atoms with E-state index in [0.29, 0.717) is 11.7 Å². The van der Waals surface area contributed by atoms with Crippen molar-refractivity contribution in [1.82, 2.24) is 0 Å². The van der Waals surface area contributed by atoms with Crippen molar-refractivity contribution in [2.75, 3.05) is 16.4 Å². The van der Waals surface area contributed by atoms with Crippen LogP contribution < -0.4 is 16.4 Å². The van der Waals surface area contributed by atoms with Gasteiger partial charge in [0.05, 0.1) is 6.04 Å². The van der Waals surface area contributed by atoms with Gasteiger partial charge < -0.3 is 16.4 Å². The number of anilines is 2. The number of nitrogens with two attached hydrogens (primary N) is 1. The summed E-state index contributed by atoms with van der Waals surface area (Å²) < 4.78 is 0. The van der Waals surface area contributed by atoms with Crippen LogP contribution in [0.3, 0.4) is 0 Å². The van der Waals surface area contributed by atoms with Crippen LogP contribution in [0.25, 0.3) is 0 Å². The summed E-state index contributed by atoms with van der Waals surface area (Å²) >= 11 is 1.91. The average Bonchev–Trinajstić information content (AvgIpc) is 2.49. The summed E-state index contributed by atoms with van der Waals surface area (Å²) in [5.74, 6) is 1.12. The van der Waals surface area contributed by atoms with E-state index in [-0.39, 0.29) is 0 Å². The molecule has 0 bridgehead atoms. The summed E-state index contributed by atoms with van der Waals surface area (Å²) in [5, 5.41) is 6.12. The van der Waals surface area contributed by atoms with Crippen molar-refractivity contribution in [2.45, 2.75) is 17.4 Å². The first kappa shape index (κ1) is 13.8. The van der Waals surface area contributed by atoms with Crippen LogP contribution in [0.5, 0.6) is 0 Å². The normalized spacial score (nSPS) is 16.9. The summed E-state index contributed by atoms with van der Waals surface area (Å²) in [7, 11) is 0. The number of carbonyl (C=O) groups is 1. The minimum absolute atomic E-state index is 0.331. The topological polar surface area (TPSA) is 67.2 Å². The zero-order valence-electron chi connectivity index (χ0n) is 11.5. The van der Waals surface area contributed by atoms with E-state index >= 15 is 0 Å². The fraction of sp³-hybridized carbons (Fsp3) is 0.188. The second kappa shape index (κ2) is 6.10. The minimum Gasteiger partial charge on any atom is -0.378 e. The number of hydrogen-bond donors (Lipinski definition) is 3. The molecule has 0 aromatic heterocycles. The maximum Gasteiger partial charge on any atom is 0.316 e. The highest BCUT2D eigenvalue weighted by molar-refractivity contribution is 7.99. The van der Waals surface area contributed by atoms with E-state index in [0.717, 1.165) is 17.9 Å². The number of urea groups is 1. The molecule has 1 aliphatic rings. The quantitative estimate of drug-likeness (QED) is 0.807. The molecule has 0 radical (unpaired) electrons. The summed E-state index contributed by atoms with van der Waals surface area (Å²) in [6, 6.07) is 15.9. The fourth-order valence-corrected chi connectivity index (χ4v) is 3.61. The van der Waals surface area contributed by atoms with Gasteiger partial charge in [-0.1, -0.05) is 18.2 Å². The molecular formula is C16H17N3OS. The number of rotatable bonds is 3. The third-order valence-corrected chi connectivity index (χ3v) is 4.57. The Bertz CT molecular complexity index is 642. The molecule has 0 aliphatic carbocycles. The molecule has 108 valence electrons. The Kier molecular flexibility index (Phi) is 4.01. The lowest BCUT2D eigenvalue weighted by molar-refractivity contribution is 0.259. The van der Waals surface area contributed by atoms with E-state index in [1.165, 1.54) is 10.5 Å². The highest BCUT2D eigenvalue weighted by Crippen LogP contribution is 2.37. The molecule has 1 aliphatic heterocycles. The number of benzene rings is 2. The van der Waals surface area contributed by atoms with Crippen molar-refractivity contribution in [3.8, 4) is 0 Å². The lowest BCUT2D eigenvalue weighted by atomic mass is 10.0. The van der Waals surface area contributed by atoms with Crippen molar-refractivity contribution in [3.05, 3.63) is 54.1 Å². The van der Waals surface area contributed by atoms with Gasteiger partial charge in [0.1, 0.15) is 0 Å². The van der Waals surface area contributed by atoms with E-state index in [9.17, 15) is 4.79 Å². The molecule has 21 heavy (non-hydrogen) atoms. The molecule has 0 fully saturated rings. The number of fused-ring (bicyclic) bond motifs is 1. The summed E-state index contributed by atoms with van der Waals surface area (Å²) in [5.41, 5.74) is 8.19. The molecule has 4 N–H and O–H groups in total. The second-order valence-corrected chi connectivity index (χ2v) is 6.08. The standard InChI is InChI=1S/C16H17N3OS/c17-16(20)19-12-7-5-11(6-8-12)18-14-9-10-21-15-4-2-1-3-13(14)15/h1-8,14,18H,9-10H2,(H3,17,19,20). The molecule has 0 saturated heterocycles. The molecule has 4 nitrogen and oxygen atoms in total. The van der Waals surface area contributed by atoms with Gasteiger partial charge in [0.15, 0.2) is 0 Å². The number of hydrogen-bond acceptors (Lipinski definition) is 3. The molecule has 2 aromatic rings. The highest BCUT2D eigenvalue weighted by atomic mass is 32.2. The first-order chi connectivity index (χ1) is 10.2. The SMILES string of the molecule is NC(=O)Nc1ccc(NC2CCSc3ccccc32)cc1. The Labute approximate surface area is 128 Å². The maximum absolute atomic E-state index is 10.8. The number of thioether (sulfide) groups is 1. The van der Waals surface area contributed by atoms with E-state index < -0.39 is 6.03 Å². The third-order valence-electron chi connectivity index (χ3n) is 3.45. The molecule has 1 unspecified atom stereocenters. The average molecular weight is 299 g/mol. The van der Waals surface area contributed by atoms with Crippen molar-refractivity contribution < 1.29 is 4.79 Å². The fourth-order valence-electron chi connectivity index (χ4n) is 2.49. The van der Waals surface area contributed by atoms with Gasteiger partial charge in [0, 0.05) is 22.0 Å². The molecule has 1 atom stereocenters. The van der Waals surface area contributed by atoms with Crippen LogP contribution in [0, 0.1) is 0 Å². The highest BCUT2D eigenvalue weighted by Gasteiger charge is 2.19. The van der Waals surface area contributed by atoms with Crippen LogP contribution in [-0.2, 0) is 0 Å². The summed E-state index contributed by atoms with van der Waals surface area (Å²) in [6.07, 6.45) is 1.10. The monoisotopic (exact) mass is 299 g/mol. The Morgan fingerprint density at radius 3 is 2.57 bits per heavy atom. The summed E-state index contributed by atoms with van der Waals surface area (Å²) in [4.78, 5) is 12.2. The number of nitrogens with one attached hydrogen (secondary N) is 2. The second-order valence-electron chi connectivity index (χ2n) is 4.94. The molecule has 2 aromatic carbocycles.